The van der Waals surface area contributed by atoms with Crippen molar-refractivity contribution in [2.75, 3.05) is 5.32 Å². The molecule has 94 valence electrons. The first-order chi connectivity index (χ1) is 7.39. The smallest absolute Gasteiger partial charge is 0.351 e. The molecule has 0 unspecified atom stereocenters. The number of urea groups is 1. The van der Waals surface area contributed by atoms with Gasteiger partial charge in [-0.25, -0.2) is 4.79 Å². The van der Waals surface area contributed by atoms with Gasteiger partial charge in [0.15, 0.2) is 0 Å². The van der Waals surface area contributed by atoms with Crippen molar-refractivity contribution in [3.8, 4) is 0 Å². The summed E-state index contributed by atoms with van der Waals surface area (Å²) < 4.78 is 36.2. The highest BCUT2D eigenvalue weighted by atomic mass is 19.4. The van der Waals surface area contributed by atoms with E-state index >= 15 is 0 Å². The van der Waals surface area contributed by atoms with Crippen molar-refractivity contribution in [3.05, 3.63) is 29.8 Å². The molecular formula is C10H17F3N2O. The van der Waals surface area contributed by atoms with Gasteiger partial charge >= 0.3 is 12.2 Å². The summed E-state index contributed by atoms with van der Waals surface area (Å²) in [6.45, 7) is 4.00. The second-order valence-electron chi connectivity index (χ2n) is 2.56. The van der Waals surface area contributed by atoms with Crippen LogP contribution in [-0.2, 0) is 6.18 Å². The van der Waals surface area contributed by atoms with Gasteiger partial charge in [0.2, 0.25) is 0 Å². The first-order valence-corrected chi connectivity index (χ1v) is 4.63. The van der Waals surface area contributed by atoms with Crippen molar-refractivity contribution in [1.82, 2.24) is 0 Å². The predicted molar refractivity (Wildman–Crippen MR) is 60.2 cm³/mol. The van der Waals surface area contributed by atoms with Gasteiger partial charge in [-0.05, 0) is 24.3 Å². The van der Waals surface area contributed by atoms with Gasteiger partial charge in [0.25, 0.3) is 0 Å². The van der Waals surface area contributed by atoms with Crippen molar-refractivity contribution in [2.24, 2.45) is 5.73 Å². The van der Waals surface area contributed by atoms with Crippen LogP contribution in [0.25, 0.3) is 0 Å². The van der Waals surface area contributed by atoms with Crippen molar-refractivity contribution in [3.63, 3.8) is 0 Å². The molecule has 0 aliphatic heterocycles. The molecule has 3 nitrogen and oxygen atoms in total. The third kappa shape index (κ3) is 4.68. The largest absolute Gasteiger partial charge is 0.416 e. The number of hydrogen-bond donors (Lipinski definition) is 2. The van der Waals surface area contributed by atoms with E-state index in [0.29, 0.717) is 0 Å². The number of halogens is 3. The number of hydrogen-bond acceptors (Lipinski definition) is 1. The van der Waals surface area contributed by atoms with Crippen LogP contribution in [0.2, 0.25) is 0 Å². The number of rotatable bonds is 1. The Balaban J connectivity index is -0.000000534. The Bertz CT molecular complexity index is 342. The molecule has 0 atom stereocenters. The lowest BCUT2D eigenvalue weighted by atomic mass is 10.2. The number of amides is 2. The van der Waals surface area contributed by atoms with E-state index in [-0.39, 0.29) is 8.54 Å². The fraction of sp³-hybridized carbons (Fsp3) is 0.300. The maximum Gasteiger partial charge on any atom is 0.416 e. The Morgan fingerprint density at radius 2 is 1.69 bits per heavy atom. The molecule has 1 rings (SSSR count). The summed E-state index contributed by atoms with van der Waals surface area (Å²) in [6, 6.07) is 3.18. The molecule has 0 radical (unpaired) electrons. The lowest BCUT2D eigenvalue weighted by Gasteiger charge is -2.07. The van der Waals surface area contributed by atoms with E-state index in [1.165, 1.54) is 0 Å². The standard InChI is InChI=1S/C8H7F3N2O.C2H6.2H2/c9-8(10,11)5-1-3-6(4-2-5)13-7(12)14;1-2;;/h1-4H,(H3,12,13,14);1-2H3;2*1H. The van der Waals surface area contributed by atoms with Crippen LogP contribution in [0.1, 0.15) is 22.3 Å². The van der Waals surface area contributed by atoms with Gasteiger partial charge in [-0.3, -0.25) is 0 Å². The van der Waals surface area contributed by atoms with Crippen LogP contribution in [0.4, 0.5) is 23.7 Å². The van der Waals surface area contributed by atoms with E-state index in [0.717, 1.165) is 24.3 Å². The minimum atomic E-state index is -4.37. The van der Waals surface area contributed by atoms with Gasteiger partial charge in [-0.1, -0.05) is 13.8 Å². The molecule has 0 bridgehead atoms. The van der Waals surface area contributed by atoms with Crippen LogP contribution in [0.3, 0.4) is 0 Å². The highest BCUT2D eigenvalue weighted by Crippen LogP contribution is 2.29. The number of nitrogens with one attached hydrogen (secondary N) is 1. The molecule has 1 aromatic rings. The van der Waals surface area contributed by atoms with E-state index in [1.54, 1.807) is 0 Å². The molecule has 0 saturated heterocycles. The van der Waals surface area contributed by atoms with Gasteiger partial charge < -0.3 is 11.1 Å². The van der Waals surface area contributed by atoms with E-state index in [4.69, 9.17) is 5.73 Å². The predicted octanol–water partition coefficient (Wildman–Crippen LogP) is 3.71. The topological polar surface area (TPSA) is 55.1 Å². The Kier molecular flexibility index (Phi) is 5.35. The Morgan fingerprint density at radius 1 is 1.25 bits per heavy atom. The second-order valence-corrected chi connectivity index (χ2v) is 2.56. The summed E-state index contributed by atoms with van der Waals surface area (Å²) in [5.41, 5.74) is 4.23. The average Bonchev–Trinajstić information content (AvgIpc) is 2.19. The fourth-order valence-electron chi connectivity index (χ4n) is 0.885. The number of carbonyl (C=O) groups is 1. The minimum absolute atomic E-state index is 0. The molecule has 0 saturated carbocycles. The van der Waals surface area contributed by atoms with Crippen molar-refractivity contribution in [2.45, 2.75) is 20.0 Å². The molecule has 0 spiro atoms. The van der Waals surface area contributed by atoms with E-state index < -0.39 is 17.8 Å². The monoisotopic (exact) mass is 238 g/mol. The zero-order valence-electron chi connectivity index (χ0n) is 8.93. The van der Waals surface area contributed by atoms with Gasteiger partial charge in [0.1, 0.15) is 0 Å². The van der Waals surface area contributed by atoms with Crippen molar-refractivity contribution < 1.29 is 20.8 Å². The highest BCUT2D eigenvalue weighted by molar-refractivity contribution is 5.87. The lowest BCUT2D eigenvalue weighted by Crippen LogP contribution is -2.19. The molecule has 6 heteroatoms. The van der Waals surface area contributed by atoms with Crippen molar-refractivity contribution >= 4 is 11.7 Å². The Morgan fingerprint density at radius 3 is 2.00 bits per heavy atom. The number of primary amides is 1. The lowest BCUT2D eigenvalue weighted by molar-refractivity contribution is -0.137. The van der Waals surface area contributed by atoms with E-state index in [1.807, 2.05) is 13.8 Å². The molecule has 0 aromatic heterocycles. The average molecular weight is 238 g/mol. The fourth-order valence-corrected chi connectivity index (χ4v) is 0.885. The van der Waals surface area contributed by atoms with Gasteiger partial charge in [0.05, 0.1) is 5.56 Å². The third-order valence-electron chi connectivity index (χ3n) is 1.48. The van der Waals surface area contributed by atoms with Crippen LogP contribution >= 0.6 is 0 Å². The normalized spacial score (nSPS) is 10.1. The van der Waals surface area contributed by atoms with Crippen LogP contribution in [0.5, 0.6) is 0 Å². The highest BCUT2D eigenvalue weighted by Gasteiger charge is 2.29. The van der Waals surface area contributed by atoms with Crippen LogP contribution in [0, 0.1) is 0 Å². The summed E-state index contributed by atoms with van der Waals surface area (Å²) in [5.74, 6) is 0. The van der Waals surface area contributed by atoms with Gasteiger partial charge in [0, 0.05) is 8.54 Å². The molecule has 16 heavy (non-hydrogen) atoms. The first-order valence-electron chi connectivity index (χ1n) is 4.63. The number of alkyl halides is 3. The number of anilines is 1. The summed E-state index contributed by atoms with van der Waals surface area (Å²) in [7, 11) is 0. The number of benzene rings is 1. The van der Waals surface area contributed by atoms with E-state index in [9.17, 15) is 18.0 Å². The zero-order valence-corrected chi connectivity index (χ0v) is 8.93. The number of carbonyl (C=O) groups excluding carboxylic acids is 1. The Hall–Kier alpha value is -1.72. The number of nitrogens with two attached hydrogens (primary N) is 1. The second kappa shape index (κ2) is 5.99. The summed E-state index contributed by atoms with van der Waals surface area (Å²) in [5, 5.41) is 2.15. The van der Waals surface area contributed by atoms with Crippen molar-refractivity contribution in [1.29, 1.82) is 0 Å². The SMILES string of the molecule is CC.NC(=O)Nc1ccc(C(F)(F)F)cc1.[HH].[HH]. The summed E-state index contributed by atoms with van der Waals surface area (Å²) in [6.07, 6.45) is -4.37. The summed E-state index contributed by atoms with van der Waals surface area (Å²) >= 11 is 0. The molecule has 0 fully saturated rings. The van der Waals surface area contributed by atoms with Crippen LogP contribution in [-0.4, -0.2) is 6.03 Å². The molecular weight excluding hydrogens is 221 g/mol. The van der Waals surface area contributed by atoms with Crippen LogP contribution < -0.4 is 11.1 Å². The van der Waals surface area contributed by atoms with Crippen LogP contribution in [0.15, 0.2) is 24.3 Å². The Labute approximate surface area is 94.4 Å². The van der Waals surface area contributed by atoms with Gasteiger partial charge in [-0.2, -0.15) is 13.2 Å². The first kappa shape index (κ1) is 14.3. The molecule has 3 N–H and O–H groups in total. The molecule has 0 heterocycles. The molecule has 2 amide bonds. The molecule has 0 aliphatic rings. The maximum atomic E-state index is 12.1. The minimum Gasteiger partial charge on any atom is -0.351 e. The summed E-state index contributed by atoms with van der Waals surface area (Å²) in [4.78, 5) is 10.3. The van der Waals surface area contributed by atoms with E-state index in [2.05, 4.69) is 5.32 Å². The molecule has 0 aliphatic carbocycles. The van der Waals surface area contributed by atoms with Gasteiger partial charge in [-0.15, -0.1) is 0 Å². The molecule has 1 aromatic carbocycles. The zero-order chi connectivity index (χ0) is 12.8. The maximum absolute atomic E-state index is 12.1. The third-order valence-corrected chi connectivity index (χ3v) is 1.48. The quantitative estimate of drug-likeness (QED) is 0.769.